The molecule has 0 fully saturated rings. The van der Waals surface area contributed by atoms with Crippen molar-refractivity contribution < 1.29 is 9.90 Å². The van der Waals surface area contributed by atoms with Gasteiger partial charge in [-0.25, -0.2) is 4.98 Å². The van der Waals surface area contributed by atoms with Crippen molar-refractivity contribution in [2.24, 2.45) is 5.92 Å². The number of nitrogens with zero attached hydrogens (tertiary/aromatic N) is 1. The lowest BCUT2D eigenvalue weighted by Crippen LogP contribution is -2.38. The van der Waals surface area contributed by atoms with Crippen LogP contribution in [0.15, 0.2) is 16.2 Å². The Kier molecular flexibility index (Phi) is 4.51. The highest BCUT2D eigenvalue weighted by molar-refractivity contribution is 7.17. The van der Waals surface area contributed by atoms with Crippen LogP contribution < -0.4 is 10.9 Å². The van der Waals surface area contributed by atoms with Gasteiger partial charge in [-0.15, -0.1) is 11.3 Å². The number of aromatic nitrogens is 2. The molecule has 20 heavy (non-hydrogen) atoms. The number of carboxylic acid groups (broad SMARTS) is 1. The van der Waals surface area contributed by atoms with Gasteiger partial charge < -0.3 is 10.1 Å². The summed E-state index contributed by atoms with van der Waals surface area (Å²) in [6.07, 6.45) is 0.528. The van der Waals surface area contributed by atoms with E-state index >= 15 is 0 Å². The monoisotopic (exact) mass is 295 g/mol. The second kappa shape index (κ2) is 6.15. The molecule has 0 spiro atoms. The maximum atomic E-state index is 11.8. The molecule has 0 saturated carbocycles. The van der Waals surface area contributed by atoms with Gasteiger partial charge in [0.05, 0.1) is 12.1 Å². The molecule has 108 valence electrons. The minimum Gasteiger partial charge on any atom is -0.480 e. The number of hydrogen-bond donors (Lipinski definition) is 3. The summed E-state index contributed by atoms with van der Waals surface area (Å²) in [5.74, 6) is -0.163. The van der Waals surface area contributed by atoms with Crippen LogP contribution in [0.25, 0.3) is 10.2 Å². The van der Waals surface area contributed by atoms with E-state index in [1.165, 1.54) is 11.3 Å². The number of carbonyl (C=O) groups is 1. The van der Waals surface area contributed by atoms with Crippen LogP contribution >= 0.6 is 11.3 Å². The minimum absolute atomic E-state index is 0.183. The molecule has 1 unspecified atom stereocenters. The van der Waals surface area contributed by atoms with E-state index in [9.17, 15) is 9.59 Å². The zero-order valence-corrected chi connectivity index (χ0v) is 12.2. The van der Waals surface area contributed by atoms with E-state index < -0.39 is 12.0 Å². The van der Waals surface area contributed by atoms with E-state index in [1.54, 1.807) is 6.07 Å². The standard InChI is InChI=1S/C13H17N3O3S/c1-7(2)5-9(13(18)19)14-6-10-15-8-3-4-20-11(8)12(17)16-10/h3-4,7,9,14H,5-6H2,1-2H3,(H,18,19)(H,15,16,17). The van der Waals surface area contributed by atoms with Gasteiger partial charge in [0.15, 0.2) is 0 Å². The number of hydrogen-bond acceptors (Lipinski definition) is 5. The van der Waals surface area contributed by atoms with Crippen molar-refractivity contribution >= 4 is 27.5 Å². The van der Waals surface area contributed by atoms with Gasteiger partial charge in [-0.2, -0.15) is 0 Å². The van der Waals surface area contributed by atoms with Crippen LogP contribution in [0.1, 0.15) is 26.1 Å². The smallest absolute Gasteiger partial charge is 0.320 e. The number of fused-ring (bicyclic) bond motifs is 1. The van der Waals surface area contributed by atoms with Crippen molar-refractivity contribution in [3.63, 3.8) is 0 Å². The van der Waals surface area contributed by atoms with E-state index in [0.717, 1.165) is 0 Å². The summed E-state index contributed by atoms with van der Waals surface area (Å²) < 4.78 is 0.589. The molecule has 2 heterocycles. The molecule has 2 rings (SSSR count). The molecule has 0 radical (unpaired) electrons. The third kappa shape index (κ3) is 3.43. The topological polar surface area (TPSA) is 95.1 Å². The van der Waals surface area contributed by atoms with Crippen LogP contribution in [0.2, 0.25) is 0 Å². The van der Waals surface area contributed by atoms with Crippen LogP contribution in [-0.2, 0) is 11.3 Å². The molecule has 0 amide bonds. The maximum Gasteiger partial charge on any atom is 0.320 e. The van der Waals surface area contributed by atoms with E-state index in [4.69, 9.17) is 5.11 Å². The van der Waals surface area contributed by atoms with Crippen molar-refractivity contribution in [2.45, 2.75) is 32.9 Å². The first kappa shape index (κ1) is 14.7. The first-order valence-corrected chi connectivity index (χ1v) is 7.28. The molecule has 3 N–H and O–H groups in total. The molecule has 6 nitrogen and oxygen atoms in total. The van der Waals surface area contributed by atoms with Crippen molar-refractivity contribution in [3.05, 3.63) is 27.6 Å². The Hall–Kier alpha value is -1.73. The first-order valence-electron chi connectivity index (χ1n) is 6.40. The second-order valence-corrected chi connectivity index (χ2v) is 5.96. The van der Waals surface area contributed by atoms with Crippen LogP contribution in [0, 0.1) is 5.92 Å². The summed E-state index contributed by atoms with van der Waals surface area (Å²) in [6, 6.07) is 1.14. The zero-order chi connectivity index (χ0) is 14.7. The quantitative estimate of drug-likeness (QED) is 0.752. The van der Waals surface area contributed by atoms with Crippen LogP contribution in [-0.4, -0.2) is 27.1 Å². The lowest BCUT2D eigenvalue weighted by Gasteiger charge is -2.15. The highest BCUT2D eigenvalue weighted by Gasteiger charge is 2.18. The molecule has 0 bridgehead atoms. The van der Waals surface area contributed by atoms with E-state index in [0.29, 0.717) is 22.5 Å². The van der Waals surface area contributed by atoms with Gasteiger partial charge in [-0.05, 0) is 23.8 Å². The first-order chi connectivity index (χ1) is 9.47. The zero-order valence-electron chi connectivity index (χ0n) is 11.3. The molecule has 0 aromatic carbocycles. The Morgan fingerprint density at radius 2 is 2.30 bits per heavy atom. The van der Waals surface area contributed by atoms with Crippen molar-refractivity contribution in [2.75, 3.05) is 0 Å². The van der Waals surface area contributed by atoms with E-state index in [-0.39, 0.29) is 18.0 Å². The minimum atomic E-state index is -0.891. The Morgan fingerprint density at radius 3 is 2.95 bits per heavy atom. The fraction of sp³-hybridized carbons (Fsp3) is 0.462. The number of carboxylic acids is 1. The predicted molar refractivity (Wildman–Crippen MR) is 78.0 cm³/mol. The summed E-state index contributed by atoms with van der Waals surface area (Å²) in [5.41, 5.74) is 0.462. The normalized spacial score (nSPS) is 12.9. The van der Waals surface area contributed by atoms with Gasteiger partial charge in [0.25, 0.3) is 5.56 Å². The lowest BCUT2D eigenvalue weighted by atomic mass is 10.0. The van der Waals surface area contributed by atoms with E-state index in [2.05, 4.69) is 15.3 Å². The predicted octanol–water partition coefficient (Wildman–Crippen LogP) is 1.57. The van der Waals surface area contributed by atoms with Crippen LogP contribution in [0.4, 0.5) is 0 Å². The molecule has 0 aliphatic rings. The average Bonchev–Trinajstić information content (AvgIpc) is 2.82. The van der Waals surface area contributed by atoms with Gasteiger partial charge in [-0.1, -0.05) is 13.8 Å². The Morgan fingerprint density at radius 1 is 1.55 bits per heavy atom. The van der Waals surface area contributed by atoms with E-state index in [1.807, 2.05) is 19.2 Å². The molecule has 1 atom stereocenters. The number of H-pyrrole nitrogens is 1. The van der Waals surface area contributed by atoms with Crippen molar-refractivity contribution in [3.8, 4) is 0 Å². The molecule has 0 saturated heterocycles. The van der Waals surface area contributed by atoms with Crippen LogP contribution in [0.3, 0.4) is 0 Å². The highest BCUT2D eigenvalue weighted by atomic mass is 32.1. The number of nitrogens with one attached hydrogen (secondary N) is 2. The van der Waals surface area contributed by atoms with Gasteiger partial charge in [-0.3, -0.25) is 14.9 Å². The maximum absolute atomic E-state index is 11.8. The summed E-state index contributed by atoms with van der Waals surface area (Å²) in [5, 5.41) is 13.9. The second-order valence-electron chi connectivity index (χ2n) is 5.05. The summed E-state index contributed by atoms with van der Waals surface area (Å²) in [6.45, 7) is 4.16. The summed E-state index contributed by atoms with van der Waals surface area (Å²) >= 11 is 1.34. The Balaban J connectivity index is 2.11. The van der Waals surface area contributed by atoms with Crippen molar-refractivity contribution in [1.82, 2.24) is 15.3 Å². The summed E-state index contributed by atoms with van der Waals surface area (Å²) in [7, 11) is 0. The number of aliphatic carboxylic acids is 1. The molecule has 7 heteroatoms. The van der Waals surface area contributed by atoms with Crippen LogP contribution in [0.5, 0.6) is 0 Å². The Labute approximate surface area is 119 Å². The lowest BCUT2D eigenvalue weighted by molar-refractivity contribution is -0.140. The Bertz CT molecular complexity index is 662. The number of thiophene rings is 1. The molecule has 0 aliphatic carbocycles. The SMILES string of the molecule is CC(C)CC(NCc1nc2ccsc2c(=O)[nH]1)C(=O)O. The number of aromatic amines is 1. The van der Waals surface area contributed by atoms with Gasteiger partial charge in [0.1, 0.15) is 16.6 Å². The fourth-order valence-corrected chi connectivity index (χ4v) is 2.69. The molecule has 2 aromatic rings. The fourth-order valence-electron chi connectivity index (χ4n) is 1.97. The largest absolute Gasteiger partial charge is 0.480 e. The summed E-state index contributed by atoms with van der Waals surface area (Å²) in [4.78, 5) is 29.9. The molecule has 2 aromatic heterocycles. The number of rotatable bonds is 6. The highest BCUT2D eigenvalue weighted by Crippen LogP contribution is 2.13. The van der Waals surface area contributed by atoms with Gasteiger partial charge in [0, 0.05) is 0 Å². The van der Waals surface area contributed by atoms with Gasteiger partial charge in [0.2, 0.25) is 0 Å². The molecular weight excluding hydrogens is 278 g/mol. The third-order valence-corrected chi connectivity index (χ3v) is 3.79. The third-order valence-electron chi connectivity index (χ3n) is 2.89. The van der Waals surface area contributed by atoms with Gasteiger partial charge >= 0.3 is 5.97 Å². The average molecular weight is 295 g/mol. The molecule has 0 aliphatic heterocycles. The van der Waals surface area contributed by atoms with Crippen molar-refractivity contribution in [1.29, 1.82) is 0 Å². The molecular formula is C13H17N3O3S.